The number of nitrogens with zero attached hydrogens (tertiary/aromatic N) is 3. The van der Waals surface area contributed by atoms with Crippen molar-refractivity contribution >= 4 is 16.7 Å². The van der Waals surface area contributed by atoms with Crippen molar-refractivity contribution in [3.8, 4) is 17.3 Å². The lowest BCUT2D eigenvalue weighted by atomic mass is 10.0. The van der Waals surface area contributed by atoms with Gasteiger partial charge in [0, 0.05) is 48.1 Å². The Hall–Kier alpha value is -2.97. The molecule has 3 aromatic rings. The molecule has 0 saturated heterocycles. The van der Waals surface area contributed by atoms with Crippen molar-refractivity contribution in [3.63, 3.8) is 0 Å². The van der Waals surface area contributed by atoms with Crippen molar-refractivity contribution in [2.45, 2.75) is 13.5 Å². The lowest BCUT2D eigenvalue weighted by Crippen LogP contribution is -2.02. The molecule has 0 amide bonds. The highest BCUT2D eigenvalue weighted by Gasteiger charge is 2.11. The first-order valence-corrected chi connectivity index (χ1v) is 7.63. The van der Waals surface area contributed by atoms with E-state index in [-0.39, 0.29) is 5.78 Å². The van der Waals surface area contributed by atoms with Crippen molar-refractivity contribution in [3.05, 3.63) is 53.9 Å². The van der Waals surface area contributed by atoms with Crippen LogP contribution < -0.4 is 0 Å². The van der Waals surface area contributed by atoms with Crippen LogP contribution in [-0.2, 0) is 11.3 Å². The quantitative estimate of drug-likeness (QED) is 0.676. The Balaban J connectivity index is 2.10. The number of carbonyl (C=O) groups is 1. The van der Waals surface area contributed by atoms with Gasteiger partial charge in [-0.3, -0.25) is 9.78 Å². The van der Waals surface area contributed by atoms with E-state index in [4.69, 9.17) is 4.74 Å². The Labute approximate surface area is 140 Å². The van der Waals surface area contributed by atoms with Crippen molar-refractivity contribution < 1.29 is 9.53 Å². The van der Waals surface area contributed by atoms with Gasteiger partial charge in [-0.1, -0.05) is 6.07 Å². The number of benzene rings is 1. The van der Waals surface area contributed by atoms with Gasteiger partial charge in [-0.25, -0.2) is 0 Å². The van der Waals surface area contributed by atoms with E-state index in [1.807, 2.05) is 29.0 Å². The largest absolute Gasteiger partial charge is 0.383 e. The number of methoxy groups -OCH3 is 1. The molecule has 0 radical (unpaired) electrons. The number of ether oxygens (including phenoxy) is 1. The topological polar surface area (TPSA) is 67.9 Å². The van der Waals surface area contributed by atoms with E-state index in [2.05, 4.69) is 11.1 Å². The van der Waals surface area contributed by atoms with Crippen LogP contribution in [0, 0.1) is 11.3 Å². The molecule has 0 fully saturated rings. The maximum Gasteiger partial charge on any atom is 0.159 e. The molecule has 0 aliphatic heterocycles. The minimum atomic E-state index is 0.00293. The lowest BCUT2D eigenvalue weighted by molar-refractivity contribution is 0.101. The van der Waals surface area contributed by atoms with E-state index >= 15 is 0 Å². The third-order valence-corrected chi connectivity index (χ3v) is 4.00. The zero-order chi connectivity index (χ0) is 17.1. The fourth-order valence-corrected chi connectivity index (χ4v) is 2.73. The van der Waals surface area contributed by atoms with Gasteiger partial charge in [0.05, 0.1) is 17.9 Å². The second kappa shape index (κ2) is 6.65. The number of ketones is 1. The highest BCUT2D eigenvalue weighted by Crippen LogP contribution is 2.27. The van der Waals surface area contributed by atoms with Crippen molar-refractivity contribution in [1.82, 2.24) is 9.55 Å². The van der Waals surface area contributed by atoms with Crippen molar-refractivity contribution in [1.29, 1.82) is 5.26 Å². The van der Waals surface area contributed by atoms with E-state index in [0.717, 1.165) is 22.2 Å². The summed E-state index contributed by atoms with van der Waals surface area (Å²) in [4.78, 5) is 15.9. The van der Waals surface area contributed by atoms with Gasteiger partial charge in [0.1, 0.15) is 6.07 Å². The predicted octanol–water partition coefficient (Wildman–Crippen LogP) is 3.42. The molecule has 2 heterocycles. The van der Waals surface area contributed by atoms with Gasteiger partial charge in [0.25, 0.3) is 0 Å². The minimum Gasteiger partial charge on any atom is -0.383 e. The van der Waals surface area contributed by atoms with Crippen LogP contribution in [0.25, 0.3) is 22.2 Å². The average molecular weight is 319 g/mol. The SMILES string of the molecule is COCCn1cc(C#N)c2cc(-c3cc(C(C)=O)ccn3)ccc21. The van der Waals surface area contributed by atoms with E-state index < -0.39 is 0 Å². The van der Waals surface area contributed by atoms with E-state index in [0.29, 0.717) is 24.3 Å². The smallest absolute Gasteiger partial charge is 0.159 e. The first kappa shape index (κ1) is 15.9. The minimum absolute atomic E-state index is 0.00293. The number of fused-ring (bicyclic) bond motifs is 1. The van der Waals surface area contributed by atoms with Gasteiger partial charge in [0.2, 0.25) is 0 Å². The van der Waals surface area contributed by atoms with Crippen molar-refractivity contribution in [2.75, 3.05) is 13.7 Å². The van der Waals surface area contributed by atoms with Crippen LogP contribution in [0.4, 0.5) is 0 Å². The van der Waals surface area contributed by atoms with Gasteiger partial charge in [-0.2, -0.15) is 5.26 Å². The van der Waals surface area contributed by atoms with Gasteiger partial charge in [0.15, 0.2) is 5.78 Å². The maximum atomic E-state index is 11.6. The number of hydrogen-bond donors (Lipinski definition) is 0. The zero-order valence-corrected chi connectivity index (χ0v) is 13.6. The van der Waals surface area contributed by atoms with Crippen LogP contribution in [0.5, 0.6) is 0 Å². The predicted molar refractivity (Wildman–Crippen MR) is 91.8 cm³/mol. The number of pyridine rings is 1. The summed E-state index contributed by atoms with van der Waals surface area (Å²) in [5, 5.41) is 10.3. The summed E-state index contributed by atoms with van der Waals surface area (Å²) in [7, 11) is 1.66. The monoisotopic (exact) mass is 319 g/mol. The van der Waals surface area contributed by atoms with Gasteiger partial charge in [-0.15, -0.1) is 0 Å². The average Bonchev–Trinajstić information content (AvgIpc) is 2.97. The molecule has 24 heavy (non-hydrogen) atoms. The standard InChI is InChI=1S/C19H17N3O2/c1-13(23)14-5-6-21-18(10-14)15-3-4-19-17(9-15)16(11-20)12-22(19)7-8-24-2/h3-6,9-10,12H,7-8H2,1-2H3. The Kier molecular flexibility index (Phi) is 4.41. The first-order valence-electron chi connectivity index (χ1n) is 7.63. The molecule has 0 unspecified atom stereocenters. The van der Waals surface area contributed by atoms with E-state index in [9.17, 15) is 10.1 Å². The summed E-state index contributed by atoms with van der Waals surface area (Å²) in [5.74, 6) is 0.00293. The van der Waals surface area contributed by atoms with Crippen LogP contribution in [0.2, 0.25) is 0 Å². The summed E-state index contributed by atoms with van der Waals surface area (Å²) in [5.41, 5.74) is 3.82. The highest BCUT2D eigenvalue weighted by molar-refractivity contribution is 5.95. The molecule has 120 valence electrons. The second-order valence-electron chi connectivity index (χ2n) is 5.56. The van der Waals surface area contributed by atoms with Crippen LogP contribution in [0.15, 0.2) is 42.7 Å². The molecule has 0 aliphatic carbocycles. The zero-order valence-electron chi connectivity index (χ0n) is 13.6. The van der Waals surface area contributed by atoms with Crippen LogP contribution in [0.3, 0.4) is 0 Å². The molecule has 5 heteroatoms. The molecular formula is C19H17N3O2. The third kappa shape index (κ3) is 2.92. The summed E-state index contributed by atoms with van der Waals surface area (Å²) in [6.07, 6.45) is 3.47. The maximum absolute atomic E-state index is 11.6. The molecule has 0 saturated carbocycles. The van der Waals surface area contributed by atoms with Crippen LogP contribution in [0.1, 0.15) is 22.8 Å². The molecule has 0 spiro atoms. The Morgan fingerprint density at radius 1 is 1.33 bits per heavy atom. The molecule has 0 atom stereocenters. The van der Waals surface area contributed by atoms with Gasteiger partial charge in [-0.05, 0) is 31.2 Å². The number of carbonyl (C=O) groups excluding carboxylic acids is 1. The molecular weight excluding hydrogens is 302 g/mol. The van der Waals surface area contributed by atoms with Crippen molar-refractivity contribution in [2.24, 2.45) is 0 Å². The molecule has 0 bridgehead atoms. The molecule has 1 aromatic carbocycles. The number of aromatic nitrogens is 2. The highest BCUT2D eigenvalue weighted by atomic mass is 16.5. The lowest BCUT2D eigenvalue weighted by Gasteiger charge is -2.06. The van der Waals surface area contributed by atoms with Gasteiger partial charge >= 0.3 is 0 Å². The number of hydrogen-bond acceptors (Lipinski definition) is 4. The van der Waals surface area contributed by atoms with Crippen LogP contribution >= 0.6 is 0 Å². The summed E-state index contributed by atoms with van der Waals surface area (Å²) in [6.45, 7) is 2.80. The van der Waals surface area contributed by atoms with E-state index in [1.54, 1.807) is 25.4 Å². The molecule has 2 aromatic heterocycles. The Morgan fingerprint density at radius 2 is 2.17 bits per heavy atom. The van der Waals surface area contributed by atoms with E-state index in [1.165, 1.54) is 6.92 Å². The summed E-state index contributed by atoms with van der Waals surface area (Å²) in [6, 6.07) is 11.6. The Bertz CT molecular complexity index is 951. The second-order valence-corrected chi connectivity index (χ2v) is 5.56. The normalized spacial score (nSPS) is 10.7. The molecule has 5 nitrogen and oxygen atoms in total. The third-order valence-electron chi connectivity index (χ3n) is 4.00. The number of rotatable bonds is 5. The molecule has 0 aliphatic rings. The fourth-order valence-electron chi connectivity index (χ4n) is 2.73. The Morgan fingerprint density at radius 3 is 2.88 bits per heavy atom. The number of Topliss-reactive ketones (excluding diaryl/α,β-unsaturated/α-hetero) is 1. The number of nitriles is 1. The van der Waals surface area contributed by atoms with Crippen LogP contribution in [-0.4, -0.2) is 29.1 Å². The van der Waals surface area contributed by atoms with Gasteiger partial charge < -0.3 is 9.30 Å². The first-order chi connectivity index (χ1) is 11.6. The fraction of sp³-hybridized carbons (Fsp3) is 0.211. The molecule has 3 rings (SSSR count). The molecule has 0 N–H and O–H groups in total. The summed E-state index contributed by atoms with van der Waals surface area (Å²) >= 11 is 0. The summed E-state index contributed by atoms with van der Waals surface area (Å²) < 4.78 is 7.14.